The van der Waals surface area contributed by atoms with E-state index in [1.165, 1.54) is 12.3 Å². The molecule has 0 saturated heterocycles. The molecule has 0 saturated carbocycles. The Hall–Kier alpha value is -1.83. The van der Waals surface area contributed by atoms with Crippen LogP contribution in [0.3, 0.4) is 0 Å². The number of amides is 1. The molecule has 0 aliphatic rings. The predicted molar refractivity (Wildman–Crippen MR) is 68.3 cm³/mol. The molecule has 0 unspecified atom stereocenters. The zero-order valence-electron chi connectivity index (χ0n) is 10.1. The molecule has 8 heteroatoms. The molecule has 1 aromatic heterocycles. The molecule has 0 bridgehead atoms. The molecule has 106 valence electrons. The summed E-state index contributed by atoms with van der Waals surface area (Å²) in [6, 6.07) is 3.13. The maximum Gasteiger partial charge on any atom is 0.417 e. The lowest BCUT2D eigenvalue weighted by molar-refractivity contribution is -0.137. The Labute approximate surface area is 120 Å². The number of nitrogens with one attached hydrogen (secondary N) is 1. The van der Waals surface area contributed by atoms with E-state index in [0.29, 0.717) is 5.69 Å². The van der Waals surface area contributed by atoms with Gasteiger partial charge in [0.25, 0.3) is 5.91 Å². The van der Waals surface area contributed by atoms with E-state index in [1.807, 2.05) is 0 Å². The Morgan fingerprint density at radius 3 is 2.65 bits per heavy atom. The number of anilines is 1. The number of hydrogen-bond donors (Lipinski definition) is 1. The summed E-state index contributed by atoms with van der Waals surface area (Å²) >= 11 is 2.95. The van der Waals surface area contributed by atoms with Crippen LogP contribution in [-0.2, 0) is 6.18 Å². The molecular formula is C12H8BrF3N2O2. The van der Waals surface area contributed by atoms with Gasteiger partial charge in [-0.2, -0.15) is 18.2 Å². The fraction of sp³-hybridized carbons (Fsp3) is 0.167. The topological polar surface area (TPSA) is 55.1 Å². The second-order valence-electron chi connectivity index (χ2n) is 3.94. The van der Waals surface area contributed by atoms with E-state index in [9.17, 15) is 18.0 Å². The molecule has 0 radical (unpaired) electrons. The molecule has 0 spiro atoms. The quantitative estimate of drug-likeness (QED) is 0.891. The Balaban J connectivity index is 2.34. The molecule has 1 aromatic carbocycles. The summed E-state index contributed by atoms with van der Waals surface area (Å²) in [7, 11) is 0. The standard InChI is InChI=1S/C12H8BrF3N2O2/c1-6-5-20-11(17-6)18-10(19)8-3-2-7(13)4-9(8)12(14,15)16/h2-5H,1H3,(H,17,18,19). The van der Waals surface area contributed by atoms with E-state index in [2.05, 4.69) is 26.2 Å². The molecule has 1 amide bonds. The number of aromatic nitrogens is 1. The summed E-state index contributed by atoms with van der Waals surface area (Å²) in [4.78, 5) is 15.7. The highest BCUT2D eigenvalue weighted by atomic mass is 79.9. The van der Waals surface area contributed by atoms with Crippen molar-refractivity contribution in [1.82, 2.24) is 4.98 Å². The van der Waals surface area contributed by atoms with Crippen molar-refractivity contribution in [2.24, 2.45) is 0 Å². The van der Waals surface area contributed by atoms with Gasteiger partial charge in [0.05, 0.1) is 16.8 Å². The zero-order chi connectivity index (χ0) is 14.9. The van der Waals surface area contributed by atoms with Crippen LogP contribution in [0.2, 0.25) is 0 Å². The van der Waals surface area contributed by atoms with Crippen LogP contribution in [0, 0.1) is 6.92 Å². The van der Waals surface area contributed by atoms with Gasteiger partial charge in [0.1, 0.15) is 6.26 Å². The number of alkyl halides is 3. The monoisotopic (exact) mass is 348 g/mol. The predicted octanol–water partition coefficient (Wildman–Crippen LogP) is 4.02. The van der Waals surface area contributed by atoms with Crippen molar-refractivity contribution >= 4 is 27.9 Å². The summed E-state index contributed by atoms with van der Waals surface area (Å²) in [6.45, 7) is 1.62. The first kappa shape index (κ1) is 14.6. The molecule has 2 aromatic rings. The average molecular weight is 349 g/mol. The Morgan fingerprint density at radius 1 is 1.40 bits per heavy atom. The van der Waals surface area contributed by atoms with Crippen molar-refractivity contribution in [2.75, 3.05) is 5.32 Å². The van der Waals surface area contributed by atoms with Crippen LogP contribution < -0.4 is 5.32 Å². The number of oxazole rings is 1. The van der Waals surface area contributed by atoms with Crippen LogP contribution in [0.25, 0.3) is 0 Å². The van der Waals surface area contributed by atoms with Crippen LogP contribution >= 0.6 is 15.9 Å². The second-order valence-corrected chi connectivity index (χ2v) is 4.85. The number of benzene rings is 1. The zero-order valence-corrected chi connectivity index (χ0v) is 11.7. The molecule has 0 aliphatic carbocycles. The van der Waals surface area contributed by atoms with Gasteiger partial charge in [0.15, 0.2) is 0 Å². The Bertz CT molecular complexity index is 652. The minimum Gasteiger partial charge on any atom is -0.432 e. The van der Waals surface area contributed by atoms with Crippen LogP contribution in [-0.4, -0.2) is 10.9 Å². The minimum atomic E-state index is -4.64. The molecule has 0 atom stereocenters. The Morgan fingerprint density at radius 2 is 2.10 bits per heavy atom. The first-order chi connectivity index (χ1) is 9.27. The van der Waals surface area contributed by atoms with Crippen molar-refractivity contribution in [3.05, 3.63) is 45.8 Å². The minimum absolute atomic E-state index is 0.149. The van der Waals surface area contributed by atoms with E-state index in [0.717, 1.165) is 12.1 Å². The van der Waals surface area contributed by atoms with Gasteiger partial charge in [-0.3, -0.25) is 10.1 Å². The van der Waals surface area contributed by atoms with Gasteiger partial charge in [0.2, 0.25) is 0 Å². The second kappa shape index (κ2) is 5.28. The van der Waals surface area contributed by atoms with E-state index in [-0.39, 0.29) is 10.5 Å². The highest BCUT2D eigenvalue weighted by molar-refractivity contribution is 9.10. The molecule has 2 rings (SSSR count). The van der Waals surface area contributed by atoms with E-state index in [1.54, 1.807) is 6.92 Å². The average Bonchev–Trinajstić information content (AvgIpc) is 2.73. The van der Waals surface area contributed by atoms with Crippen LogP contribution in [0.15, 0.2) is 33.4 Å². The van der Waals surface area contributed by atoms with Gasteiger partial charge in [-0.15, -0.1) is 0 Å². The van der Waals surface area contributed by atoms with Crippen molar-refractivity contribution in [3.63, 3.8) is 0 Å². The fourth-order valence-electron chi connectivity index (χ4n) is 1.52. The SMILES string of the molecule is Cc1coc(NC(=O)c2ccc(Br)cc2C(F)(F)F)n1. The molecule has 1 heterocycles. The molecule has 1 N–H and O–H groups in total. The lowest BCUT2D eigenvalue weighted by atomic mass is 10.1. The van der Waals surface area contributed by atoms with Gasteiger partial charge >= 0.3 is 12.2 Å². The summed E-state index contributed by atoms with van der Waals surface area (Å²) in [5, 5.41) is 2.18. The lowest BCUT2D eigenvalue weighted by Crippen LogP contribution is -2.19. The third kappa shape index (κ3) is 3.19. The number of halogens is 4. The maximum atomic E-state index is 12.9. The summed E-state index contributed by atoms with van der Waals surface area (Å²) in [6.07, 6.45) is -3.36. The van der Waals surface area contributed by atoms with Crippen molar-refractivity contribution in [3.8, 4) is 0 Å². The van der Waals surface area contributed by atoms with Gasteiger partial charge in [0, 0.05) is 4.47 Å². The number of hydrogen-bond acceptors (Lipinski definition) is 3. The maximum absolute atomic E-state index is 12.9. The first-order valence-corrected chi connectivity index (χ1v) is 6.17. The molecule has 0 fully saturated rings. The smallest absolute Gasteiger partial charge is 0.417 e. The van der Waals surface area contributed by atoms with E-state index >= 15 is 0 Å². The fourth-order valence-corrected chi connectivity index (χ4v) is 1.89. The van der Waals surface area contributed by atoms with Crippen LogP contribution in [0.1, 0.15) is 21.6 Å². The molecule has 0 aliphatic heterocycles. The van der Waals surface area contributed by atoms with Crippen LogP contribution in [0.4, 0.5) is 19.2 Å². The Kier molecular flexibility index (Phi) is 3.85. The largest absolute Gasteiger partial charge is 0.432 e. The summed E-state index contributed by atoms with van der Waals surface area (Å²) in [5.41, 5.74) is -1.03. The highest BCUT2D eigenvalue weighted by Gasteiger charge is 2.35. The summed E-state index contributed by atoms with van der Waals surface area (Å²) < 4.78 is 43.8. The number of aryl methyl sites for hydroxylation is 1. The third-order valence-corrected chi connectivity index (χ3v) is 2.86. The first-order valence-electron chi connectivity index (χ1n) is 5.37. The third-order valence-electron chi connectivity index (χ3n) is 2.37. The van der Waals surface area contributed by atoms with Gasteiger partial charge in [-0.1, -0.05) is 15.9 Å². The van der Waals surface area contributed by atoms with Crippen LogP contribution in [0.5, 0.6) is 0 Å². The number of carbonyl (C=O) groups is 1. The molecule has 20 heavy (non-hydrogen) atoms. The van der Waals surface area contributed by atoms with Gasteiger partial charge in [-0.05, 0) is 25.1 Å². The number of nitrogens with zero attached hydrogens (tertiary/aromatic N) is 1. The normalized spacial score (nSPS) is 11.4. The van der Waals surface area contributed by atoms with E-state index < -0.39 is 23.2 Å². The summed E-state index contributed by atoms with van der Waals surface area (Å²) in [5.74, 6) is -0.938. The lowest BCUT2D eigenvalue weighted by Gasteiger charge is -2.12. The number of rotatable bonds is 2. The number of carbonyl (C=O) groups excluding carboxylic acids is 1. The molecule has 4 nitrogen and oxygen atoms in total. The van der Waals surface area contributed by atoms with Gasteiger partial charge < -0.3 is 4.42 Å². The van der Waals surface area contributed by atoms with Crippen molar-refractivity contribution in [1.29, 1.82) is 0 Å². The van der Waals surface area contributed by atoms with E-state index in [4.69, 9.17) is 4.42 Å². The van der Waals surface area contributed by atoms with Crippen molar-refractivity contribution in [2.45, 2.75) is 13.1 Å². The van der Waals surface area contributed by atoms with Crippen molar-refractivity contribution < 1.29 is 22.4 Å². The highest BCUT2D eigenvalue weighted by Crippen LogP contribution is 2.34. The van der Waals surface area contributed by atoms with Gasteiger partial charge in [-0.25, -0.2) is 0 Å². The molecular weight excluding hydrogens is 341 g/mol.